The SMILES string of the molecule is CC(C)COc1cc(C(=O)Nc2ccc(C(=O)O)cc2OCC(C)C)ccc1NC(=O)COCC(=O)O. The summed E-state index contributed by atoms with van der Waals surface area (Å²) in [6.45, 7) is 7.31. The lowest BCUT2D eigenvalue weighted by molar-refractivity contribution is -0.143. The zero-order valence-electron chi connectivity index (χ0n) is 21.2. The topological polar surface area (TPSA) is 160 Å². The lowest BCUT2D eigenvalue weighted by Crippen LogP contribution is -2.21. The molecule has 2 aromatic rings. The van der Waals surface area contributed by atoms with Crippen LogP contribution in [0.2, 0.25) is 0 Å². The van der Waals surface area contributed by atoms with Crippen LogP contribution in [0.5, 0.6) is 11.5 Å². The van der Waals surface area contributed by atoms with Gasteiger partial charge >= 0.3 is 11.9 Å². The molecule has 200 valence electrons. The number of hydrogen-bond donors (Lipinski definition) is 4. The fraction of sp³-hybridized carbons (Fsp3) is 0.385. The van der Waals surface area contributed by atoms with Gasteiger partial charge in [-0.2, -0.15) is 0 Å². The van der Waals surface area contributed by atoms with Crippen molar-refractivity contribution in [1.82, 2.24) is 0 Å². The monoisotopic (exact) mass is 516 g/mol. The molecule has 0 aliphatic carbocycles. The van der Waals surface area contributed by atoms with Crippen LogP contribution in [0, 0.1) is 11.8 Å². The summed E-state index contributed by atoms with van der Waals surface area (Å²) in [7, 11) is 0. The third-order valence-electron chi connectivity index (χ3n) is 4.60. The third kappa shape index (κ3) is 9.80. The second kappa shape index (κ2) is 13.8. The molecule has 0 bridgehead atoms. The summed E-state index contributed by atoms with van der Waals surface area (Å²) in [4.78, 5) is 47.1. The number of carbonyl (C=O) groups excluding carboxylic acids is 2. The van der Waals surface area contributed by atoms with Gasteiger partial charge < -0.3 is 35.1 Å². The largest absolute Gasteiger partial charge is 0.491 e. The van der Waals surface area contributed by atoms with Crippen molar-refractivity contribution in [2.24, 2.45) is 11.8 Å². The standard InChI is InChI=1S/C26H32N2O9/c1-15(2)11-36-21-9-17(5-7-19(21)27-23(29)13-35-14-24(30)31)25(32)28-20-8-6-18(26(33)34)10-22(20)37-12-16(3)4/h5-10,15-16H,11-14H2,1-4H3,(H,27,29)(H,28,32)(H,30,31)(H,33,34). The number of aromatic carboxylic acids is 1. The van der Waals surface area contributed by atoms with Gasteiger partial charge in [-0.05, 0) is 48.2 Å². The Morgan fingerprint density at radius 2 is 1.27 bits per heavy atom. The molecule has 2 rings (SSSR count). The summed E-state index contributed by atoms with van der Waals surface area (Å²) in [5.74, 6) is -2.60. The molecule has 0 radical (unpaired) electrons. The number of carbonyl (C=O) groups is 4. The molecule has 2 aromatic carbocycles. The Balaban J connectivity index is 2.26. The van der Waals surface area contributed by atoms with Crippen LogP contribution in [0.1, 0.15) is 48.4 Å². The van der Waals surface area contributed by atoms with Crippen LogP contribution in [0.15, 0.2) is 36.4 Å². The molecule has 0 atom stereocenters. The van der Waals surface area contributed by atoms with Crippen molar-refractivity contribution >= 4 is 35.1 Å². The van der Waals surface area contributed by atoms with Crippen LogP contribution in [0.25, 0.3) is 0 Å². The van der Waals surface area contributed by atoms with E-state index in [9.17, 15) is 24.3 Å². The second-order valence-corrected chi connectivity index (χ2v) is 9.03. The fourth-order valence-electron chi connectivity index (χ4n) is 2.89. The Morgan fingerprint density at radius 3 is 1.78 bits per heavy atom. The van der Waals surface area contributed by atoms with E-state index in [1.807, 2.05) is 27.7 Å². The maximum atomic E-state index is 13.1. The minimum absolute atomic E-state index is 0.0218. The number of ether oxygens (including phenoxy) is 3. The maximum absolute atomic E-state index is 13.1. The quantitative estimate of drug-likeness (QED) is 0.293. The van der Waals surface area contributed by atoms with E-state index >= 15 is 0 Å². The van der Waals surface area contributed by atoms with Crippen molar-refractivity contribution in [3.8, 4) is 11.5 Å². The Hall–Kier alpha value is -4.12. The van der Waals surface area contributed by atoms with E-state index in [0.29, 0.717) is 18.9 Å². The lowest BCUT2D eigenvalue weighted by Gasteiger charge is -2.17. The van der Waals surface area contributed by atoms with E-state index in [-0.39, 0.29) is 40.1 Å². The summed E-state index contributed by atoms with van der Waals surface area (Å²) in [5, 5.41) is 23.2. The van der Waals surface area contributed by atoms with E-state index in [1.54, 1.807) is 0 Å². The molecular formula is C26H32N2O9. The molecular weight excluding hydrogens is 484 g/mol. The molecule has 4 N–H and O–H groups in total. The molecule has 0 aliphatic rings. The number of aliphatic carboxylic acids is 1. The molecule has 0 saturated carbocycles. The maximum Gasteiger partial charge on any atom is 0.335 e. The molecule has 0 heterocycles. The predicted molar refractivity (Wildman–Crippen MR) is 136 cm³/mol. The smallest absolute Gasteiger partial charge is 0.335 e. The van der Waals surface area contributed by atoms with Gasteiger partial charge in [0.2, 0.25) is 5.91 Å². The molecule has 0 aliphatic heterocycles. The first-order valence-corrected chi connectivity index (χ1v) is 11.6. The number of carboxylic acid groups (broad SMARTS) is 2. The highest BCUT2D eigenvalue weighted by molar-refractivity contribution is 6.06. The van der Waals surface area contributed by atoms with E-state index in [0.717, 1.165) is 0 Å². The number of hydrogen-bond acceptors (Lipinski definition) is 7. The first kappa shape index (κ1) is 29.1. The lowest BCUT2D eigenvalue weighted by atomic mass is 10.1. The molecule has 0 saturated heterocycles. The zero-order valence-corrected chi connectivity index (χ0v) is 21.2. The summed E-state index contributed by atoms with van der Waals surface area (Å²) in [6, 6.07) is 8.60. The molecule has 11 heteroatoms. The highest BCUT2D eigenvalue weighted by atomic mass is 16.5. The van der Waals surface area contributed by atoms with Gasteiger partial charge in [0.25, 0.3) is 5.91 Å². The van der Waals surface area contributed by atoms with Crippen LogP contribution in [0.4, 0.5) is 11.4 Å². The summed E-state index contributed by atoms with van der Waals surface area (Å²) in [6.07, 6.45) is 0. The highest BCUT2D eigenvalue weighted by Crippen LogP contribution is 2.30. The number of carboxylic acids is 2. The first-order valence-electron chi connectivity index (χ1n) is 11.6. The third-order valence-corrected chi connectivity index (χ3v) is 4.60. The van der Waals surface area contributed by atoms with Gasteiger partial charge in [0.05, 0.1) is 30.2 Å². The number of benzene rings is 2. The minimum atomic E-state index is -1.19. The van der Waals surface area contributed by atoms with Crippen molar-refractivity contribution in [3.63, 3.8) is 0 Å². The van der Waals surface area contributed by atoms with Gasteiger partial charge in [-0.15, -0.1) is 0 Å². The molecule has 2 amide bonds. The van der Waals surface area contributed by atoms with Crippen molar-refractivity contribution in [2.75, 3.05) is 37.1 Å². The van der Waals surface area contributed by atoms with Gasteiger partial charge in [0, 0.05) is 5.56 Å². The van der Waals surface area contributed by atoms with E-state index in [2.05, 4.69) is 10.6 Å². The van der Waals surface area contributed by atoms with Gasteiger partial charge in [-0.1, -0.05) is 27.7 Å². The normalized spacial score (nSPS) is 10.8. The first-order chi connectivity index (χ1) is 17.5. The van der Waals surface area contributed by atoms with E-state index in [1.165, 1.54) is 36.4 Å². The van der Waals surface area contributed by atoms with Crippen molar-refractivity contribution < 1.29 is 43.6 Å². The summed E-state index contributed by atoms with van der Waals surface area (Å²) >= 11 is 0. The number of anilines is 2. The Labute approximate surface area is 214 Å². The van der Waals surface area contributed by atoms with Crippen LogP contribution < -0.4 is 20.1 Å². The van der Waals surface area contributed by atoms with Gasteiger partial charge in [0.15, 0.2) is 0 Å². The fourth-order valence-corrected chi connectivity index (χ4v) is 2.89. The summed E-state index contributed by atoms with van der Waals surface area (Å²) in [5.41, 5.74) is 0.825. The van der Waals surface area contributed by atoms with Crippen molar-refractivity contribution in [1.29, 1.82) is 0 Å². The van der Waals surface area contributed by atoms with Crippen molar-refractivity contribution in [2.45, 2.75) is 27.7 Å². The molecule has 11 nitrogen and oxygen atoms in total. The van der Waals surface area contributed by atoms with Crippen LogP contribution in [-0.2, 0) is 14.3 Å². The minimum Gasteiger partial charge on any atom is -0.491 e. The number of rotatable bonds is 14. The average Bonchev–Trinajstić information content (AvgIpc) is 2.82. The Bertz CT molecular complexity index is 1130. The van der Waals surface area contributed by atoms with Crippen LogP contribution >= 0.6 is 0 Å². The summed E-state index contributed by atoms with van der Waals surface area (Å²) < 4.78 is 16.3. The number of nitrogens with one attached hydrogen (secondary N) is 2. The molecule has 0 aromatic heterocycles. The van der Waals surface area contributed by atoms with E-state index in [4.69, 9.17) is 19.3 Å². The molecule has 37 heavy (non-hydrogen) atoms. The number of amides is 2. The van der Waals surface area contributed by atoms with Crippen LogP contribution in [-0.4, -0.2) is 60.4 Å². The predicted octanol–water partition coefficient (Wildman–Crippen LogP) is 3.75. The zero-order chi connectivity index (χ0) is 27.5. The van der Waals surface area contributed by atoms with E-state index < -0.39 is 37.0 Å². The highest BCUT2D eigenvalue weighted by Gasteiger charge is 2.17. The van der Waals surface area contributed by atoms with Crippen molar-refractivity contribution in [3.05, 3.63) is 47.5 Å². The molecule has 0 spiro atoms. The average molecular weight is 517 g/mol. The van der Waals surface area contributed by atoms with Gasteiger partial charge in [-0.25, -0.2) is 9.59 Å². The molecule has 0 fully saturated rings. The second-order valence-electron chi connectivity index (χ2n) is 9.03. The van der Waals surface area contributed by atoms with Gasteiger partial charge in [0.1, 0.15) is 24.7 Å². The van der Waals surface area contributed by atoms with Crippen LogP contribution in [0.3, 0.4) is 0 Å². The Kier molecular flexibility index (Phi) is 10.9. The van der Waals surface area contributed by atoms with Gasteiger partial charge in [-0.3, -0.25) is 9.59 Å². The Morgan fingerprint density at radius 1 is 0.757 bits per heavy atom. The molecule has 0 unspecified atom stereocenters.